The number of thiophene rings is 1. The molecule has 158 valence electrons. The molecule has 1 aliphatic heterocycles. The number of fused-ring (bicyclic) bond motifs is 3. The van der Waals surface area contributed by atoms with Gasteiger partial charge in [-0.3, -0.25) is 9.35 Å². The Labute approximate surface area is 174 Å². The number of carboxylic acids is 3. The molecule has 2 heterocycles. The van der Waals surface area contributed by atoms with Gasteiger partial charge in [0.2, 0.25) is 5.75 Å². The number of aliphatic carboxylic acids is 2. The highest BCUT2D eigenvalue weighted by Crippen LogP contribution is 2.54. The monoisotopic (exact) mass is 476 g/mol. The van der Waals surface area contributed by atoms with Crippen LogP contribution >= 0.6 is 23.1 Å². The normalized spacial score (nSPS) is 13.8. The van der Waals surface area contributed by atoms with Gasteiger partial charge in [-0.05, 0) is 5.56 Å². The second-order valence-corrected chi connectivity index (χ2v) is 8.60. The van der Waals surface area contributed by atoms with Crippen LogP contribution in [-0.4, -0.2) is 57.1 Å². The Balaban J connectivity index is 2.43. The van der Waals surface area contributed by atoms with E-state index in [1.807, 2.05) is 0 Å². The number of aromatic carboxylic acids is 1. The molecule has 0 atom stereocenters. The predicted molar refractivity (Wildman–Crippen MR) is 99.5 cm³/mol. The number of carbonyl (C=O) groups excluding carboxylic acids is 1. The van der Waals surface area contributed by atoms with Crippen molar-refractivity contribution >= 4 is 67.3 Å². The topological polar surface area (TPSA) is 213 Å². The molecule has 0 saturated carbocycles. The van der Waals surface area contributed by atoms with Crippen LogP contribution in [0, 0.1) is 0 Å². The van der Waals surface area contributed by atoms with E-state index in [0.29, 0.717) is 11.3 Å². The molecule has 15 heteroatoms. The summed E-state index contributed by atoms with van der Waals surface area (Å²) in [6.07, 6.45) is -0.679. The number of aromatic hydroxyl groups is 1. The van der Waals surface area contributed by atoms with Crippen LogP contribution in [-0.2, 0) is 31.2 Å². The quantitative estimate of drug-likeness (QED) is 0.292. The molecule has 0 spiro atoms. The Morgan fingerprint density at radius 3 is 2.20 bits per heavy atom. The van der Waals surface area contributed by atoms with E-state index in [0.717, 1.165) is 5.38 Å². The maximum absolute atomic E-state index is 12.0. The van der Waals surface area contributed by atoms with Crippen molar-refractivity contribution in [3.8, 4) is 11.5 Å². The summed E-state index contributed by atoms with van der Waals surface area (Å²) >= 11 is 0.852. The summed E-state index contributed by atoms with van der Waals surface area (Å²) in [6.45, 7) is 0. The van der Waals surface area contributed by atoms with Crippen molar-refractivity contribution in [3.63, 3.8) is 0 Å². The smallest absolute Gasteiger partial charge is 0.446 e. The highest BCUT2D eigenvalue weighted by Gasteiger charge is 2.37. The van der Waals surface area contributed by atoms with Gasteiger partial charge in [0.15, 0.2) is 5.75 Å². The van der Waals surface area contributed by atoms with Gasteiger partial charge in [0.25, 0.3) is 5.78 Å². The zero-order valence-corrected chi connectivity index (χ0v) is 16.6. The predicted octanol–water partition coefficient (Wildman–Crippen LogP) is 1.13. The van der Waals surface area contributed by atoms with Crippen LogP contribution in [0.3, 0.4) is 0 Å². The van der Waals surface area contributed by atoms with Crippen molar-refractivity contribution in [1.29, 1.82) is 0 Å². The SMILES string of the molecule is O=C(O)C(=O)C1=C(C(=O)O)Cc2c(c(OS(=O)(=O)O)c(O)c3scc(C(=O)O)c23)S1. The van der Waals surface area contributed by atoms with Crippen molar-refractivity contribution in [2.24, 2.45) is 0 Å². The van der Waals surface area contributed by atoms with Crippen molar-refractivity contribution in [1.82, 2.24) is 0 Å². The largest absolute Gasteiger partial charge is 0.503 e. The number of Topliss-reactive ketones (excluding diaryl/α,β-unsaturated/α-hetero) is 1. The molecule has 0 unspecified atom stereocenters. The van der Waals surface area contributed by atoms with Gasteiger partial charge < -0.3 is 24.6 Å². The Morgan fingerprint density at radius 1 is 1.07 bits per heavy atom. The first-order valence-electron chi connectivity index (χ1n) is 7.44. The third kappa shape index (κ3) is 3.58. The van der Waals surface area contributed by atoms with E-state index in [-0.39, 0.29) is 33.0 Å². The molecule has 0 aliphatic carbocycles. The Kier molecular flexibility index (Phi) is 5.23. The maximum Gasteiger partial charge on any atom is 0.446 e. The first kappa shape index (κ1) is 21.6. The first-order chi connectivity index (χ1) is 13.8. The molecule has 1 aromatic heterocycles. The Morgan fingerprint density at radius 2 is 1.70 bits per heavy atom. The van der Waals surface area contributed by atoms with Gasteiger partial charge in [0, 0.05) is 17.2 Å². The lowest BCUT2D eigenvalue weighted by molar-refractivity contribution is -0.147. The first-order valence-corrected chi connectivity index (χ1v) is 10.5. The molecule has 0 amide bonds. The number of phenols is 1. The summed E-state index contributed by atoms with van der Waals surface area (Å²) in [5, 5.41) is 39.2. The lowest BCUT2D eigenvalue weighted by Gasteiger charge is -2.22. The summed E-state index contributed by atoms with van der Waals surface area (Å²) in [7, 11) is -5.21. The van der Waals surface area contributed by atoms with Crippen molar-refractivity contribution in [3.05, 3.63) is 27.0 Å². The molecule has 0 fully saturated rings. The lowest BCUT2D eigenvalue weighted by Crippen LogP contribution is -2.22. The van der Waals surface area contributed by atoms with Gasteiger partial charge in [-0.2, -0.15) is 8.42 Å². The summed E-state index contributed by atoms with van der Waals surface area (Å²) in [5.74, 6) is -8.52. The molecule has 5 N–H and O–H groups in total. The minimum absolute atomic E-state index is 0.135. The van der Waals surface area contributed by atoms with E-state index in [1.165, 1.54) is 0 Å². The van der Waals surface area contributed by atoms with Crippen molar-refractivity contribution < 1.29 is 56.8 Å². The fourth-order valence-corrected chi connectivity index (χ4v) is 5.41. The number of hydrogen-bond donors (Lipinski definition) is 5. The van der Waals surface area contributed by atoms with Crippen LogP contribution in [0.2, 0.25) is 0 Å². The van der Waals surface area contributed by atoms with Crippen LogP contribution in [0.25, 0.3) is 10.1 Å². The van der Waals surface area contributed by atoms with Crippen LogP contribution < -0.4 is 4.18 Å². The van der Waals surface area contributed by atoms with Gasteiger partial charge in [-0.25, -0.2) is 14.4 Å². The fourth-order valence-electron chi connectivity index (χ4n) is 2.78. The minimum Gasteiger partial charge on any atom is -0.503 e. The summed E-state index contributed by atoms with van der Waals surface area (Å²) in [4.78, 5) is 45.0. The highest BCUT2D eigenvalue weighted by atomic mass is 32.3. The molecular formula is C15H8O12S3. The molecule has 1 aliphatic rings. The lowest BCUT2D eigenvalue weighted by atomic mass is 9.97. The molecular weight excluding hydrogens is 468 g/mol. The van der Waals surface area contributed by atoms with E-state index >= 15 is 0 Å². The zero-order valence-electron chi connectivity index (χ0n) is 14.1. The molecule has 0 radical (unpaired) electrons. The van der Waals surface area contributed by atoms with E-state index in [2.05, 4.69) is 4.18 Å². The van der Waals surface area contributed by atoms with Crippen molar-refractivity contribution in [2.45, 2.75) is 11.3 Å². The van der Waals surface area contributed by atoms with E-state index in [1.54, 1.807) is 0 Å². The van der Waals surface area contributed by atoms with E-state index in [4.69, 9.17) is 9.66 Å². The van der Waals surface area contributed by atoms with Crippen LogP contribution in [0.15, 0.2) is 20.8 Å². The van der Waals surface area contributed by atoms with Gasteiger partial charge >= 0.3 is 28.3 Å². The summed E-state index contributed by atoms with van der Waals surface area (Å²) in [6, 6.07) is 0. The molecule has 3 rings (SSSR count). The number of ketones is 1. The fraction of sp³-hybridized carbons (Fsp3) is 0.0667. The number of thioether (sulfide) groups is 1. The number of hydrogen-bond acceptors (Lipinski definition) is 10. The van der Waals surface area contributed by atoms with Gasteiger partial charge in [-0.1, -0.05) is 11.8 Å². The standard InChI is InChI=1S/C15H8O12S3/c16-7-9(27-30(24,25)26)11-3(6-5(14(20)21)2-28-12(6)7)1-4(13(18)19)10(29-11)8(17)15(22)23/h2,16H,1H2,(H,18,19)(H,20,21)(H,22,23)(H,24,25,26). The van der Waals surface area contributed by atoms with Gasteiger partial charge in [-0.15, -0.1) is 11.3 Å². The molecule has 0 saturated heterocycles. The maximum atomic E-state index is 12.0. The summed E-state index contributed by atoms with van der Waals surface area (Å²) < 4.78 is 35.7. The van der Waals surface area contributed by atoms with E-state index in [9.17, 15) is 42.9 Å². The second kappa shape index (κ2) is 7.28. The Hall–Kier alpha value is -3.14. The molecule has 30 heavy (non-hydrogen) atoms. The van der Waals surface area contributed by atoms with Gasteiger partial charge in [0.05, 0.1) is 25.6 Å². The number of carbonyl (C=O) groups is 4. The van der Waals surface area contributed by atoms with E-state index < -0.39 is 67.4 Å². The number of phenolic OH excluding ortho intramolecular Hbond substituents is 1. The zero-order chi connectivity index (χ0) is 22.5. The molecule has 2 aromatic rings. The van der Waals surface area contributed by atoms with Crippen LogP contribution in [0.4, 0.5) is 0 Å². The number of benzene rings is 1. The van der Waals surface area contributed by atoms with Crippen molar-refractivity contribution in [2.75, 3.05) is 0 Å². The second-order valence-electron chi connectivity index (χ2n) is 5.68. The highest BCUT2D eigenvalue weighted by molar-refractivity contribution is 8.04. The molecule has 12 nitrogen and oxygen atoms in total. The average molecular weight is 476 g/mol. The van der Waals surface area contributed by atoms with Crippen LogP contribution in [0.5, 0.6) is 11.5 Å². The Bertz CT molecular complexity index is 1300. The molecule has 1 aromatic carbocycles. The van der Waals surface area contributed by atoms with Crippen LogP contribution in [0.1, 0.15) is 15.9 Å². The molecule has 0 bridgehead atoms. The number of carboxylic acid groups (broad SMARTS) is 3. The minimum atomic E-state index is -5.21. The third-order valence-electron chi connectivity index (χ3n) is 3.91. The number of rotatable bonds is 6. The summed E-state index contributed by atoms with van der Waals surface area (Å²) in [5.41, 5.74) is -1.16. The third-order valence-corrected chi connectivity index (χ3v) is 6.55. The average Bonchev–Trinajstić information content (AvgIpc) is 3.08. The van der Waals surface area contributed by atoms with Gasteiger partial charge in [0.1, 0.15) is 0 Å².